The Balaban J connectivity index is 0.00000576. The summed E-state index contributed by atoms with van der Waals surface area (Å²) < 4.78 is 5.60. The van der Waals surface area contributed by atoms with E-state index in [1.807, 2.05) is 7.05 Å². The molecular formula is C19H41IN4O. The van der Waals surface area contributed by atoms with Gasteiger partial charge in [-0.3, -0.25) is 4.99 Å². The zero-order chi connectivity index (χ0) is 17.7. The van der Waals surface area contributed by atoms with Crippen LogP contribution in [0, 0.1) is 5.41 Å². The van der Waals surface area contributed by atoms with E-state index in [1.54, 1.807) is 0 Å². The molecule has 0 aromatic rings. The molecule has 0 aromatic carbocycles. The number of hydrogen-bond donors (Lipinski definition) is 2. The van der Waals surface area contributed by atoms with Crippen LogP contribution in [0.4, 0.5) is 0 Å². The van der Waals surface area contributed by atoms with Gasteiger partial charge in [-0.2, -0.15) is 0 Å². The molecule has 0 atom stereocenters. The van der Waals surface area contributed by atoms with Crippen LogP contribution < -0.4 is 10.6 Å². The van der Waals surface area contributed by atoms with E-state index in [-0.39, 0.29) is 24.0 Å². The van der Waals surface area contributed by atoms with E-state index in [2.05, 4.69) is 41.3 Å². The van der Waals surface area contributed by atoms with Crippen molar-refractivity contribution in [2.45, 2.75) is 59.3 Å². The number of nitrogens with zero attached hydrogens (tertiary/aromatic N) is 2. The summed E-state index contributed by atoms with van der Waals surface area (Å²) in [7, 11) is 1.86. The molecule has 0 aromatic heterocycles. The molecule has 0 unspecified atom stereocenters. The number of likely N-dealkylation sites (N-methyl/N-ethyl adjacent to an activating group) is 1. The van der Waals surface area contributed by atoms with E-state index < -0.39 is 0 Å². The monoisotopic (exact) mass is 468 g/mol. The average Bonchev–Trinajstić information content (AvgIpc) is 3.06. The van der Waals surface area contributed by atoms with Crippen molar-refractivity contribution in [3.05, 3.63) is 0 Å². The molecule has 1 rings (SSSR count). The van der Waals surface area contributed by atoms with Gasteiger partial charge >= 0.3 is 0 Å². The van der Waals surface area contributed by atoms with Crippen molar-refractivity contribution >= 4 is 29.9 Å². The van der Waals surface area contributed by atoms with Gasteiger partial charge in [0.1, 0.15) is 0 Å². The number of hydrogen-bond acceptors (Lipinski definition) is 3. The number of rotatable bonds is 12. The molecule has 1 fully saturated rings. The highest BCUT2D eigenvalue weighted by Crippen LogP contribution is 2.40. The Morgan fingerprint density at radius 3 is 2.40 bits per heavy atom. The minimum atomic E-state index is 0. The third kappa shape index (κ3) is 9.99. The highest BCUT2D eigenvalue weighted by Gasteiger charge is 2.33. The lowest BCUT2D eigenvalue weighted by Crippen LogP contribution is -2.45. The largest absolute Gasteiger partial charge is 0.382 e. The van der Waals surface area contributed by atoms with Gasteiger partial charge in [0.05, 0.1) is 0 Å². The Morgan fingerprint density at radius 2 is 1.84 bits per heavy atom. The summed E-state index contributed by atoms with van der Waals surface area (Å²) in [6.07, 6.45) is 7.69. The van der Waals surface area contributed by atoms with Gasteiger partial charge in [-0.15, -0.1) is 24.0 Å². The number of halogens is 1. The average molecular weight is 468 g/mol. The fraction of sp³-hybridized carbons (Fsp3) is 0.947. The molecule has 25 heavy (non-hydrogen) atoms. The Kier molecular flexibility index (Phi) is 15.0. The van der Waals surface area contributed by atoms with E-state index in [1.165, 1.54) is 38.6 Å². The van der Waals surface area contributed by atoms with Gasteiger partial charge in [-0.1, -0.05) is 26.7 Å². The second-order valence-electron chi connectivity index (χ2n) is 6.94. The molecule has 150 valence electrons. The maximum atomic E-state index is 5.60. The minimum Gasteiger partial charge on any atom is -0.382 e. The molecule has 0 bridgehead atoms. The topological polar surface area (TPSA) is 48.9 Å². The van der Waals surface area contributed by atoms with E-state index in [0.29, 0.717) is 5.41 Å². The van der Waals surface area contributed by atoms with Crippen molar-refractivity contribution in [2.24, 2.45) is 10.4 Å². The molecule has 1 aliphatic rings. The number of aliphatic imine (C=N–C) groups is 1. The Labute approximate surface area is 172 Å². The fourth-order valence-corrected chi connectivity index (χ4v) is 3.64. The van der Waals surface area contributed by atoms with Gasteiger partial charge in [0.15, 0.2) is 5.96 Å². The summed E-state index contributed by atoms with van der Waals surface area (Å²) in [5, 5.41) is 7.03. The maximum absolute atomic E-state index is 5.60. The molecule has 0 spiro atoms. The molecule has 0 aliphatic heterocycles. The molecule has 1 aliphatic carbocycles. The highest BCUT2D eigenvalue weighted by atomic mass is 127. The number of guanidine groups is 1. The van der Waals surface area contributed by atoms with E-state index in [0.717, 1.165) is 51.8 Å². The van der Waals surface area contributed by atoms with E-state index >= 15 is 0 Å². The Morgan fingerprint density at radius 1 is 1.12 bits per heavy atom. The molecule has 0 radical (unpaired) electrons. The predicted molar refractivity (Wildman–Crippen MR) is 119 cm³/mol. The van der Waals surface area contributed by atoms with Crippen molar-refractivity contribution < 1.29 is 4.74 Å². The van der Waals surface area contributed by atoms with Crippen LogP contribution in [0.5, 0.6) is 0 Å². The summed E-state index contributed by atoms with van der Waals surface area (Å²) in [5.41, 5.74) is 0.393. The van der Waals surface area contributed by atoms with E-state index in [4.69, 9.17) is 4.74 Å². The lowest BCUT2D eigenvalue weighted by atomic mass is 9.83. The molecule has 6 heteroatoms. The minimum absolute atomic E-state index is 0. The first-order valence-electron chi connectivity index (χ1n) is 9.94. The van der Waals surface area contributed by atoms with Crippen LogP contribution in [-0.4, -0.2) is 63.8 Å². The van der Waals surface area contributed by atoms with Crippen LogP contribution in [0.3, 0.4) is 0 Å². The van der Waals surface area contributed by atoms with Crippen LogP contribution in [0.2, 0.25) is 0 Å². The van der Waals surface area contributed by atoms with Crippen molar-refractivity contribution in [1.82, 2.24) is 15.5 Å². The number of ether oxygens (including phenoxy) is 1. The molecule has 2 N–H and O–H groups in total. The van der Waals surface area contributed by atoms with Crippen LogP contribution in [0.15, 0.2) is 4.99 Å². The van der Waals surface area contributed by atoms with Crippen LogP contribution >= 0.6 is 24.0 Å². The molecule has 0 saturated heterocycles. The van der Waals surface area contributed by atoms with Gasteiger partial charge < -0.3 is 20.3 Å². The predicted octanol–water partition coefficient (Wildman–Crippen LogP) is 3.49. The normalized spacial score (nSPS) is 16.8. The lowest BCUT2D eigenvalue weighted by molar-refractivity contribution is 0.105. The standard InChI is InChI=1S/C19H40N4O.HI/c1-5-14-23(6-2)15-13-21-18(20-4)22-17-19(10-8-9-11-19)12-16-24-7-3;/h5-17H2,1-4H3,(H2,20,21,22);1H. The maximum Gasteiger partial charge on any atom is 0.191 e. The lowest BCUT2D eigenvalue weighted by Gasteiger charge is -2.30. The summed E-state index contributed by atoms with van der Waals surface area (Å²) in [4.78, 5) is 6.86. The Bertz CT molecular complexity index is 346. The first-order valence-corrected chi connectivity index (χ1v) is 9.94. The summed E-state index contributed by atoms with van der Waals surface area (Å²) >= 11 is 0. The van der Waals surface area contributed by atoms with Crippen LogP contribution in [0.25, 0.3) is 0 Å². The number of nitrogens with one attached hydrogen (secondary N) is 2. The first kappa shape index (κ1) is 24.9. The van der Waals surface area contributed by atoms with Gasteiger partial charge in [-0.25, -0.2) is 0 Å². The summed E-state index contributed by atoms with van der Waals surface area (Å²) in [6, 6.07) is 0. The van der Waals surface area contributed by atoms with Crippen LogP contribution in [-0.2, 0) is 4.74 Å². The molecule has 0 heterocycles. The van der Waals surface area contributed by atoms with Crippen LogP contribution in [0.1, 0.15) is 59.3 Å². The molecule has 5 nitrogen and oxygen atoms in total. The summed E-state index contributed by atoms with van der Waals surface area (Å²) in [5.74, 6) is 0.935. The van der Waals surface area contributed by atoms with Gasteiger partial charge in [0.2, 0.25) is 0 Å². The zero-order valence-electron chi connectivity index (χ0n) is 16.9. The van der Waals surface area contributed by atoms with Crippen molar-refractivity contribution in [1.29, 1.82) is 0 Å². The van der Waals surface area contributed by atoms with Gasteiger partial charge in [0, 0.05) is 39.9 Å². The first-order chi connectivity index (χ1) is 11.7. The fourth-order valence-electron chi connectivity index (χ4n) is 3.64. The third-order valence-electron chi connectivity index (χ3n) is 5.21. The van der Waals surface area contributed by atoms with E-state index in [9.17, 15) is 0 Å². The Hall–Kier alpha value is -0.0800. The smallest absolute Gasteiger partial charge is 0.191 e. The van der Waals surface area contributed by atoms with Crippen molar-refractivity contribution in [3.63, 3.8) is 0 Å². The second-order valence-corrected chi connectivity index (χ2v) is 6.94. The van der Waals surface area contributed by atoms with Gasteiger partial charge in [0.25, 0.3) is 0 Å². The quantitative estimate of drug-likeness (QED) is 0.199. The highest BCUT2D eigenvalue weighted by molar-refractivity contribution is 14.0. The van der Waals surface area contributed by atoms with Gasteiger partial charge in [-0.05, 0) is 51.1 Å². The third-order valence-corrected chi connectivity index (χ3v) is 5.21. The molecular weight excluding hydrogens is 427 g/mol. The second kappa shape index (κ2) is 15.0. The molecule has 1 saturated carbocycles. The molecule has 0 amide bonds. The SMILES string of the molecule is CCCN(CC)CCNC(=NC)NCC1(CCOCC)CCCC1.I. The van der Waals surface area contributed by atoms with Crippen molar-refractivity contribution in [2.75, 3.05) is 53.0 Å². The summed E-state index contributed by atoms with van der Waals surface area (Å²) in [6.45, 7) is 13.5. The van der Waals surface area contributed by atoms with Crippen molar-refractivity contribution in [3.8, 4) is 0 Å². The zero-order valence-corrected chi connectivity index (χ0v) is 19.2.